The molecule has 0 spiro atoms. The van der Waals surface area contributed by atoms with Crippen LogP contribution in [-0.2, 0) is 7.05 Å². The van der Waals surface area contributed by atoms with Crippen LogP contribution in [0.3, 0.4) is 0 Å². The highest BCUT2D eigenvalue weighted by Gasteiger charge is 2.10. The molecular weight excluding hydrogens is 304 g/mol. The number of hydrogen-bond acceptors (Lipinski definition) is 4. The number of benzene rings is 1. The van der Waals surface area contributed by atoms with E-state index in [1.165, 1.54) is 0 Å². The van der Waals surface area contributed by atoms with Crippen molar-refractivity contribution in [2.75, 3.05) is 5.32 Å². The summed E-state index contributed by atoms with van der Waals surface area (Å²) in [6.45, 7) is 1.91. The van der Waals surface area contributed by atoms with E-state index in [0.717, 1.165) is 11.1 Å². The lowest BCUT2D eigenvalue weighted by atomic mass is 10.1. The first-order valence-corrected chi connectivity index (χ1v) is 7.55. The summed E-state index contributed by atoms with van der Waals surface area (Å²) in [5.41, 5.74) is 2.46. The van der Waals surface area contributed by atoms with Crippen molar-refractivity contribution >= 4 is 11.7 Å². The maximum Gasteiger partial charge on any atom is 0.319 e. The number of aromatic nitrogens is 4. The van der Waals surface area contributed by atoms with Crippen LogP contribution in [0.2, 0.25) is 0 Å². The molecule has 0 saturated carbocycles. The first-order valence-electron chi connectivity index (χ1n) is 7.55. The maximum absolute atomic E-state index is 12.2. The van der Waals surface area contributed by atoms with Gasteiger partial charge in [0.15, 0.2) is 5.82 Å². The number of urea groups is 1. The number of pyridine rings is 1. The van der Waals surface area contributed by atoms with E-state index in [4.69, 9.17) is 0 Å². The Balaban J connectivity index is 1.66. The van der Waals surface area contributed by atoms with Crippen LogP contribution in [0.15, 0.2) is 55.1 Å². The van der Waals surface area contributed by atoms with Crippen molar-refractivity contribution < 1.29 is 4.79 Å². The molecule has 7 nitrogen and oxygen atoms in total. The van der Waals surface area contributed by atoms with Gasteiger partial charge in [-0.2, -0.15) is 5.10 Å². The highest BCUT2D eigenvalue weighted by Crippen LogP contribution is 2.19. The van der Waals surface area contributed by atoms with Gasteiger partial charge in [0.25, 0.3) is 0 Å². The van der Waals surface area contributed by atoms with Crippen molar-refractivity contribution in [2.45, 2.75) is 13.0 Å². The molecule has 2 heterocycles. The summed E-state index contributed by atoms with van der Waals surface area (Å²) < 4.78 is 1.64. The molecule has 0 aliphatic rings. The van der Waals surface area contributed by atoms with E-state index < -0.39 is 0 Å². The van der Waals surface area contributed by atoms with Crippen molar-refractivity contribution in [1.29, 1.82) is 0 Å². The van der Waals surface area contributed by atoms with E-state index in [0.29, 0.717) is 11.5 Å². The van der Waals surface area contributed by atoms with E-state index in [2.05, 4.69) is 25.7 Å². The van der Waals surface area contributed by atoms with Gasteiger partial charge >= 0.3 is 6.03 Å². The molecule has 122 valence electrons. The van der Waals surface area contributed by atoms with E-state index in [9.17, 15) is 4.79 Å². The maximum atomic E-state index is 12.2. The second-order valence-electron chi connectivity index (χ2n) is 5.43. The van der Waals surface area contributed by atoms with Gasteiger partial charge in [-0.3, -0.25) is 9.67 Å². The zero-order valence-corrected chi connectivity index (χ0v) is 13.5. The Labute approximate surface area is 139 Å². The summed E-state index contributed by atoms with van der Waals surface area (Å²) in [7, 11) is 1.81. The third-order valence-electron chi connectivity index (χ3n) is 3.51. The third-order valence-corrected chi connectivity index (χ3v) is 3.51. The van der Waals surface area contributed by atoms with Crippen molar-refractivity contribution in [3.05, 3.63) is 60.7 Å². The Morgan fingerprint density at radius 1 is 1.25 bits per heavy atom. The topological polar surface area (TPSA) is 84.7 Å². The van der Waals surface area contributed by atoms with E-state index in [1.54, 1.807) is 23.4 Å². The molecule has 3 rings (SSSR count). The second kappa shape index (κ2) is 6.91. The molecule has 0 aliphatic heterocycles. The number of carbonyl (C=O) groups is 1. The van der Waals surface area contributed by atoms with Gasteiger partial charge in [-0.15, -0.1) is 0 Å². The first kappa shape index (κ1) is 15.7. The molecule has 0 fully saturated rings. The number of rotatable bonds is 4. The number of aryl methyl sites for hydroxylation is 1. The monoisotopic (exact) mass is 322 g/mol. The predicted octanol–water partition coefficient (Wildman–Crippen LogP) is 2.76. The van der Waals surface area contributed by atoms with Gasteiger partial charge in [0.1, 0.15) is 6.33 Å². The number of nitrogens with one attached hydrogen (secondary N) is 2. The molecule has 2 amide bonds. The lowest BCUT2D eigenvalue weighted by Gasteiger charge is -2.14. The summed E-state index contributed by atoms with van der Waals surface area (Å²) in [5, 5.41) is 9.97. The minimum Gasteiger partial charge on any atom is -0.331 e. The van der Waals surface area contributed by atoms with Crippen molar-refractivity contribution in [3.63, 3.8) is 0 Å². The van der Waals surface area contributed by atoms with Crippen LogP contribution in [0.4, 0.5) is 10.5 Å². The molecule has 1 aromatic carbocycles. The number of anilines is 1. The number of carbonyl (C=O) groups excluding carboxylic acids is 1. The Kier molecular flexibility index (Phi) is 4.51. The molecule has 2 aromatic heterocycles. The molecule has 2 N–H and O–H groups in total. The fourth-order valence-corrected chi connectivity index (χ4v) is 2.29. The number of nitrogens with zero attached hydrogens (tertiary/aromatic N) is 4. The number of amides is 2. The minimum absolute atomic E-state index is 0.140. The van der Waals surface area contributed by atoms with Crippen LogP contribution in [0.5, 0.6) is 0 Å². The fourth-order valence-electron chi connectivity index (χ4n) is 2.29. The molecular formula is C17H18N6O. The lowest BCUT2D eigenvalue weighted by molar-refractivity contribution is 0.249. The zero-order valence-electron chi connectivity index (χ0n) is 13.5. The van der Waals surface area contributed by atoms with E-state index in [-0.39, 0.29) is 12.1 Å². The van der Waals surface area contributed by atoms with Gasteiger partial charge in [0.05, 0.1) is 6.04 Å². The Morgan fingerprint density at radius 2 is 2.12 bits per heavy atom. The number of hydrogen-bond donors (Lipinski definition) is 2. The quantitative estimate of drug-likeness (QED) is 0.773. The Bertz CT molecular complexity index is 830. The summed E-state index contributed by atoms with van der Waals surface area (Å²) in [6, 6.07) is 10.8. The third kappa shape index (κ3) is 3.75. The Morgan fingerprint density at radius 3 is 2.83 bits per heavy atom. The molecule has 0 aliphatic carbocycles. The fraction of sp³-hybridized carbons (Fsp3) is 0.176. The molecule has 7 heteroatoms. The summed E-state index contributed by atoms with van der Waals surface area (Å²) in [4.78, 5) is 20.4. The Hall–Kier alpha value is -3.22. The molecule has 3 aromatic rings. The molecule has 0 radical (unpaired) electrons. The zero-order chi connectivity index (χ0) is 16.9. The average molecular weight is 322 g/mol. The van der Waals surface area contributed by atoms with Crippen molar-refractivity contribution in [2.24, 2.45) is 7.05 Å². The summed E-state index contributed by atoms with van der Waals surface area (Å²) in [6.07, 6.45) is 5.07. The van der Waals surface area contributed by atoms with Gasteiger partial charge in [-0.25, -0.2) is 9.78 Å². The second-order valence-corrected chi connectivity index (χ2v) is 5.43. The van der Waals surface area contributed by atoms with E-state index >= 15 is 0 Å². The van der Waals surface area contributed by atoms with Crippen LogP contribution < -0.4 is 10.6 Å². The highest BCUT2D eigenvalue weighted by molar-refractivity contribution is 5.90. The van der Waals surface area contributed by atoms with Crippen LogP contribution >= 0.6 is 0 Å². The van der Waals surface area contributed by atoms with Crippen LogP contribution in [0, 0.1) is 0 Å². The highest BCUT2D eigenvalue weighted by atomic mass is 16.2. The van der Waals surface area contributed by atoms with Crippen LogP contribution in [0.1, 0.15) is 18.5 Å². The smallest absolute Gasteiger partial charge is 0.319 e. The summed E-state index contributed by atoms with van der Waals surface area (Å²) >= 11 is 0. The molecule has 0 bridgehead atoms. The molecule has 24 heavy (non-hydrogen) atoms. The van der Waals surface area contributed by atoms with Gasteiger partial charge in [-0.1, -0.05) is 18.2 Å². The first-order chi connectivity index (χ1) is 11.6. The van der Waals surface area contributed by atoms with Crippen LogP contribution in [0.25, 0.3) is 11.4 Å². The normalized spacial score (nSPS) is 11.8. The van der Waals surface area contributed by atoms with E-state index in [1.807, 2.05) is 50.4 Å². The SMILES string of the molecule is CC(NC(=O)Nc1cccc(-c2ncn(C)n2)c1)c1cccnc1. The molecule has 1 unspecified atom stereocenters. The van der Waals surface area contributed by atoms with Gasteiger partial charge < -0.3 is 10.6 Å². The minimum atomic E-state index is -0.280. The van der Waals surface area contributed by atoms with Crippen molar-refractivity contribution in [1.82, 2.24) is 25.1 Å². The lowest BCUT2D eigenvalue weighted by Crippen LogP contribution is -2.31. The van der Waals surface area contributed by atoms with Crippen LogP contribution in [-0.4, -0.2) is 25.8 Å². The summed E-state index contributed by atoms with van der Waals surface area (Å²) in [5.74, 6) is 0.616. The molecule has 1 atom stereocenters. The van der Waals surface area contributed by atoms with Gasteiger partial charge in [-0.05, 0) is 30.7 Å². The predicted molar refractivity (Wildman–Crippen MR) is 91.2 cm³/mol. The van der Waals surface area contributed by atoms with Crippen molar-refractivity contribution in [3.8, 4) is 11.4 Å². The van der Waals surface area contributed by atoms with Gasteiger partial charge in [0, 0.05) is 30.7 Å². The standard InChI is InChI=1S/C17H18N6O/c1-12(14-6-4-8-18-10-14)20-17(24)21-15-7-3-5-13(9-15)16-19-11-23(2)22-16/h3-12H,1-2H3,(H2,20,21,24). The van der Waals surface area contributed by atoms with Gasteiger partial charge in [0.2, 0.25) is 0 Å². The molecule has 0 saturated heterocycles. The largest absolute Gasteiger partial charge is 0.331 e. The average Bonchev–Trinajstić information content (AvgIpc) is 3.02.